The Hall–Kier alpha value is -1.59. The highest BCUT2D eigenvalue weighted by molar-refractivity contribution is 5.91. The molecule has 1 aliphatic heterocycles. The van der Waals surface area contributed by atoms with Gasteiger partial charge in [-0.1, -0.05) is 6.92 Å². The van der Waals surface area contributed by atoms with Crippen molar-refractivity contribution in [1.82, 2.24) is 4.90 Å². The average Bonchev–Trinajstić information content (AvgIpc) is 2.87. The summed E-state index contributed by atoms with van der Waals surface area (Å²) in [7, 11) is 1.50. The van der Waals surface area contributed by atoms with Gasteiger partial charge in [-0.05, 0) is 43.1 Å². The third-order valence-electron chi connectivity index (χ3n) is 3.60. The number of ether oxygens (including phenoxy) is 2. The third kappa shape index (κ3) is 5.36. The summed E-state index contributed by atoms with van der Waals surface area (Å²) in [4.78, 5) is 13.8. The number of carbonyl (C=O) groups excluding carboxylic acids is 1. The number of anilines is 1. The molecule has 0 unspecified atom stereocenters. The first-order valence-electron chi connectivity index (χ1n) is 7.41. The van der Waals surface area contributed by atoms with Gasteiger partial charge in [0.05, 0.1) is 0 Å². The number of methoxy groups -OCH3 is 1. The molecule has 1 amide bonds. The lowest BCUT2D eigenvalue weighted by Gasteiger charge is -2.15. The number of rotatable bonds is 7. The molecule has 21 heavy (non-hydrogen) atoms. The van der Waals surface area contributed by atoms with Gasteiger partial charge < -0.3 is 14.8 Å². The van der Waals surface area contributed by atoms with Crippen LogP contribution < -0.4 is 10.1 Å². The van der Waals surface area contributed by atoms with Gasteiger partial charge in [0.1, 0.15) is 19.0 Å². The van der Waals surface area contributed by atoms with Crippen LogP contribution >= 0.6 is 0 Å². The summed E-state index contributed by atoms with van der Waals surface area (Å²) in [5.74, 6) is 1.47. The van der Waals surface area contributed by atoms with E-state index in [9.17, 15) is 4.79 Å². The van der Waals surface area contributed by atoms with Crippen LogP contribution in [-0.4, -0.2) is 50.8 Å². The van der Waals surface area contributed by atoms with Crippen molar-refractivity contribution in [3.63, 3.8) is 0 Å². The molecule has 5 heteroatoms. The number of hydrogen-bond donors (Lipinski definition) is 1. The molecule has 1 saturated heterocycles. The molecule has 1 heterocycles. The van der Waals surface area contributed by atoms with Crippen molar-refractivity contribution in [1.29, 1.82) is 0 Å². The zero-order valence-corrected chi connectivity index (χ0v) is 12.8. The van der Waals surface area contributed by atoms with Crippen molar-refractivity contribution in [2.24, 2.45) is 5.92 Å². The number of nitrogens with zero attached hydrogens (tertiary/aromatic N) is 1. The third-order valence-corrected chi connectivity index (χ3v) is 3.60. The molecule has 1 atom stereocenters. The van der Waals surface area contributed by atoms with E-state index < -0.39 is 0 Å². The standard InChI is InChI=1S/C16H24N2O3/c1-13-7-8-18(11-13)9-10-21-15-5-3-14(4-6-15)17-16(19)12-20-2/h3-6,13H,7-12H2,1-2H3,(H,17,19)/t13-/m1/s1. The summed E-state index contributed by atoms with van der Waals surface area (Å²) >= 11 is 0. The van der Waals surface area contributed by atoms with E-state index in [0.717, 1.165) is 23.9 Å². The fraction of sp³-hybridized carbons (Fsp3) is 0.562. The van der Waals surface area contributed by atoms with Crippen molar-refractivity contribution >= 4 is 11.6 Å². The maximum absolute atomic E-state index is 11.4. The van der Waals surface area contributed by atoms with E-state index in [1.807, 2.05) is 24.3 Å². The second-order valence-corrected chi connectivity index (χ2v) is 5.55. The van der Waals surface area contributed by atoms with Crippen LogP contribution in [0.3, 0.4) is 0 Å². The maximum Gasteiger partial charge on any atom is 0.250 e. The lowest BCUT2D eigenvalue weighted by molar-refractivity contribution is -0.119. The Balaban J connectivity index is 1.71. The Morgan fingerprint density at radius 3 is 2.76 bits per heavy atom. The molecule has 0 aromatic heterocycles. The SMILES string of the molecule is COCC(=O)Nc1ccc(OCCN2CC[C@@H](C)C2)cc1. The lowest BCUT2D eigenvalue weighted by Crippen LogP contribution is -2.25. The van der Waals surface area contributed by atoms with Crippen molar-refractivity contribution in [2.45, 2.75) is 13.3 Å². The highest BCUT2D eigenvalue weighted by Crippen LogP contribution is 2.17. The monoisotopic (exact) mass is 292 g/mol. The molecule has 0 radical (unpaired) electrons. The normalized spacial score (nSPS) is 18.7. The number of benzene rings is 1. The fourth-order valence-electron chi connectivity index (χ4n) is 2.48. The molecule has 1 aromatic rings. The first-order chi connectivity index (χ1) is 10.2. The van der Waals surface area contributed by atoms with Gasteiger partial charge in [0.15, 0.2) is 0 Å². The molecule has 1 aromatic carbocycles. The second kappa shape index (κ2) is 8.00. The van der Waals surface area contributed by atoms with Crippen LogP contribution in [0.25, 0.3) is 0 Å². The average molecular weight is 292 g/mol. The molecule has 1 aliphatic rings. The molecule has 1 N–H and O–H groups in total. The van der Waals surface area contributed by atoms with Crippen molar-refractivity contribution < 1.29 is 14.3 Å². The molecule has 0 saturated carbocycles. The van der Waals surface area contributed by atoms with Crippen molar-refractivity contribution in [3.8, 4) is 5.75 Å². The highest BCUT2D eigenvalue weighted by atomic mass is 16.5. The van der Waals surface area contributed by atoms with Crippen LogP contribution in [0.4, 0.5) is 5.69 Å². The van der Waals surface area contributed by atoms with Gasteiger partial charge in [-0.15, -0.1) is 0 Å². The molecule has 116 valence electrons. The van der Waals surface area contributed by atoms with E-state index in [-0.39, 0.29) is 12.5 Å². The van der Waals surface area contributed by atoms with Gasteiger partial charge in [0.25, 0.3) is 0 Å². The van der Waals surface area contributed by atoms with Crippen LogP contribution in [0, 0.1) is 5.92 Å². The van der Waals surface area contributed by atoms with Gasteiger partial charge >= 0.3 is 0 Å². The molecule has 0 bridgehead atoms. The van der Waals surface area contributed by atoms with Crippen LogP contribution in [0.5, 0.6) is 5.75 Å². The minimum atomic E-state index is -0.158. The van der Waals surface area contributed by atoms with Crippen LogP contribution in [0.15, 0.2) is 24.3 Å². The first-order valence-corrected chi connectivity index (χ1v) is 7.41. The number of carbonyl (C=O) groups is 1. The highest BCUT2D eigenvalue weighted by Gasteiger charge is 2.17. The zero-order chi connectivity index (χ0) is 15.1. The second-order valence-electron chi connectivity index (χ2n) is 5.55. The topological polar surface area (TPSA) is 50.8 Å². The fourth-order valence-corrected chi connectivity index (χ4v) is 2.48. The molecular weight excluding hydrogens is 268 g/mol. The summed E-state index contributed by atoms with van der Waals surface area (Å²) < 4.78 is 10.5. The van der Waals surface area contributed by atoms with E-state index in [2.05, 4.69) is 17.1 Å². The molecular formula is C16H24N2O3. The van der Waals surface area contributed by atoms with Gasteiger partial charge in [0.2, 0.25) is 5.91 Å². The Morgan fingerprint density at radius 1 is 1.38 bits per heavy atom. The zero-order valence-electron chi connectivity index (χ0n) is 12.8. The Kier molecular flexibility index (Phi) is 6.02. The summed E-state index contributed by atoms with van der Waals surface area (Å²) in [5, 5.41) is 2.75. The summed E-state index contributed by atoms with van der Waals surface area (Å²) in [6, 6.07) is 7.41. The summed E-state index contributed by atoms with van der Waals surface area (Å²) in [6.07, 6.45) is 1.29. The van der Waals surface area contributed by atoms with Crippen LogP contribution in [0.1, 0.15) is 13.3 Å². The molecule has 1 fully saturated rings. The minimum Gasteiger partial charge on any atom is -0.492 e. The van der Waals surface area contributed by atoms with Gasteiger partial charge in [-0.3, -0.25) is 9.69 Å². The quantitative estimate of drug-likeness (QED) is 0.835. The Labute approximate surface area is 126 Å². The molecule has 2 rings (SSSR count). The van der Waals surface area contributed by atoms with E-state index in [4.69, 9.17) is 9.47 Å². The predicted octanol–water partition coefficient (Wildman–Crippen LogP) is 1.99. The van der Waals surface area contributed by atoms with Gasteiger partial charge in [-0.2, -0.15) is 0 Å². The number of nitrogens with one attached hydrogen (secondary N) is 1. The van der Waals surface area contributed by atoms with E-state index in [0.29, 0.717) is 6.61 Å². The number of likely N-dealkylation sites (tertiary alicyclic amines) is 1. The van der Waals surface area contributed by atoms with Crippen LogP contribution in [0.2, 0.25) is 0 Å². The number of hydrogen-bond acceptors (Lipinski definition) is 4. The Bertz CT molecular complexity index is 447. The van der Waals surface area contributed by atoms with E-state index >= 15 is 0 Å². The van der Waals surface area contributed by atoms with Gasteiger partial charge in [-0.25, -0.2) is 0 Å². The maximum atomic E-state index is 11.4. The Morgan fingerprint density at radius 2 is 2.14 bits per heavy atom. The predicted molar refractivity (Wildman–Crippen MR) is 82.7 cm³/mol. The number of amides is 1. The van der Waals surface area contributed by atoms with Crippen molar-refractivity contribution in [3.05, 3.63) is 24.3 Å². The lowest BCUT2D eigenvalue weighted by atomic mass is 10.2. The van der Waals surface area contributed by atoms with Gasteiger partial charge in [0, 0.05) is 25.9 Å². The largest absolute Gasteiger partial charge is 0.492 e. The summed E-state index contributed by atoms with van der Waals surface area (Å²) in [5.41, 5.74) is 0.748. The smallest absolute Gasteiger partial charge is 0.250 e. The molecule has 0 spiro atoms. The van der Waals surface area contributed by atoms with Crippen LogP contribution in [-0.2, 0) is 9.53 Å². The minimum absolute atomic E-state index is 0.0620. The first kappa shape index (κ1) is 15.8. The molecule has 5 nitrogen and oxygen atoms in total. The van der Waals surface area contributed by atoms with E-state index in [1.165, 1.54) is 26.6 Å². The van der Waals surface area contributed by atoms with E-state index in [1.54, 1.807) is 0 Å². The van der Waals surface area contributed by atoms with Crippen molar-refractivity contribution in [2.75, 3.05) is 45.3 Å². The molecule has 0 aliphatic carbocycles. The summed E-state index contributed by atoms with van der Waals surface area (Å²) in [6.45, 7) is 6.37.